The van der Waals surface area contributed by atoms with Crippen LogP contribution in [-0.2, 0) is 26.6 Å². The zero-order valence-electron chi connectivity index (χ0n) is 19.7. The monoisotopic (exact) mass is 483 g/mol. The molecule has 34 heavy (non-hydrogen) atoms. The normalized spacial score (nSPS) is 12.4. The van der Waals surface area contributed by atoms with Gasteiger partial charge >= 0.3 is 5.97 Å². The zero-order valence-corrected chi connectivity index (χ0v) is 20.5. The van der Waals surface area contributed by atoms with E-state index in [1.165, 1.54) is 21.1 Å². The first-order valence-corrected chi connectivity index (χ1v) is 12.4. The number of esters is 1. The molecule has 2 aromatic carbocycles. The highest BCUT2D eigenvalue weighted by atomic mass is 32.2. The van der Waals surface area contributed by atoms with Gasteiger partial charge in [0.2, 0.25) is 16.1 Å². The lowest BCUT2D eigenvalue weighted by atomic mass is 10.1. The van der Waals surface area contributed by atoms with E-state index in [0.717, 1.165) is 5.56 Å². The number of sulfonamides is 1. The molecule has 0 bridgehead atoms. The van der Waals surface area contributed by atoms with E-state index < -0.39 is 28.0 Å². The average molecular weight is 484 g/mol. The van der Waals surface area contributed by atoms with Crippen LogP contribution >= 0.6 is 0 Å². The van der Waals surface area contributed by atoms with Crippen LogP contribution in [0.5, 0.6) is 0 Å². The van der Waals surface area contributed by atoms with Gasteiger partial charge in [0, 0.05) is 37.6 Å². The van der Waals surface area contributed by atoms with Crippen molar-refractivity contribution in [1.29, 1.82) is 0 Å². The second-order valence-corrected chi connectivity index (χ2v) is 9.75. The lowest BCUT2D eigenvalue weighted by molar-refractivity contribution is -0.125. The number of rotatable bonds is 9. The summed E-state index contributed by atoms with van der Waals surface area (Å²) in [6.45, 7) is 6.05. The van der Waals surface area contributed by atoms with Gasteiger partial charge in [-0.15, -0.1) is 0 Å². The SMILES string of the molecule is CCN(CC)S(=O)(=O)c1cc(C(=O)OC(C(=O)Nc2ccc(C)cc2)c2ccccc2)n(C)c1. The molecule has 9 heteroatoms. The lowest BCUT2D eigenvalue weighted by Crippen LogP contribution is -2.30. The van der Waals surface area contributed by atoms with Gasteiger partial charge in [0.15, 0.2) is 0 Å². The second-order valence-electron chi connectivity index (χ2n) is 7.81. The number of carbonyl (C=O) groups excluding carboxylic acids is 2. The van der Waals surface area contributed by atoms with E-state index in [1.807, 2.05) is 19.1 Å². The standard InChI is InChI=1S/C25H29N3O5S/c1-5-28(6-2)34(31,32)21-16-22(27(4)17-21)25(30)33-23(19-10-8-7-9-11-19)24(29)26-20-14-12-18(3)13-15-20/h7-17,23H,5-6H2,1-4H3,(H,26,29). The van der Waals surface area contributed by atoms with Gasteiger partial charge in [-0.25, -0.2) is 13.2 Å². The molecule has 0 saturated carbocycles. The number of benzene rings is 2. The molecule has 1 aromatic heterocycles. The molecule has 0 spiro atoms. The van der Waals surface area contributed by atoms with Crippen molar-refractivity contribution < 1.29 is 22.7 Å². The molecular formula is C25H29N3O5S. The fourth-order valence-corrected chi connectivity index (χ4v) is 5.03. The highest BCUT2D eigenvalue weighted by Crippen LogP contribution is 2.24. The number of aromatic nitrogens is 1. The Kier molecular flexibility index (Phi) is 7.90. The maximum atomic E-state index is 13.1. The molecule has 1 heterocycles. The molecule has 1 amide bonds. The summed E-state index contributed by atoms with van der Waals surface area (Å²) >= 11 is 0. The van der Waals surface area contributed by atoms with Crippen molar-refractivity contribution in [2.75, 3.05) is 18.4 Å². The summed E-state index contributed by atoms with van der Waals surface area (Å²) in [5, 5.41) is 2.77. The van der Waals surface area contributed by atoms with Crippen molar-refractivity contribution >= 4 is 27.6 Å². The molecule has 1 atom stereocenters. The van der Waals surface area contributed by atoms with Crippen molar-refractivity contribution in [1.82, 2.24) is 8.87 Å². The number of anilines is 1. The minimum absolute atomic E-state index is 0.00832. The van der Waals surface area contributed by atoms with Crippen LogP contribution in [0.2, 0.25) is 0 Å². The quantitative estimate of drug-likeness (QED) is 0.466. The summed E-state index contributed by atoms with van der Waals surface area (Å²) in [7, 11) is -2.19. The van der Waals surface area contributed by atoms with Gasteiger partial charge < -0.3 is 14.6 Å². The predicted octanol–water partition coefficient (Wildman–Crippen LogP) is 3.90. The highest BCUT2D eigenvalue weighted by molar-refractivity contribution is 7.89. The molecule has 0 saturated heterocycles. The lowest BCUT2D eigenvalue weighted by Gasteiger charge is -2.18. The highest BCUT2D eigenvalue weighted by Gasteiger charge is 2.29. The topological polar surface area (TPSA) is 97.7 Å². The van der Waals surface area contributed by atoms with E-state index in [-0.39, 0.29) is 10.6 Å². The number of carbonyl (C=O) groups is 2. The van der Waals surface area contributed by atoms with Gasteiger partial charge in [-0.05, 0) is 25.1 Å². The largest absolute Gasteiger partial charge is 0.443 e. The van der Waals surface area contributed by atoms with E-state index in [9.17, 15) is 18.0 Å². The van der Waals surface area contributed by atoms with Crippen molar-refractivity contribution in [3.8, 4) is 0 Å². The summed E-state index contributed by atoms with van der Waals surface area (Å²) in [6.07, 6.45) is 0.140. The minimum Gasteiger partial charge on any atom is -0.443 e. The Balaban J connectivity index is 1.88. The van der Waals surface area contributed by atoms with E-state index >= 15 is 0 Å². The van der Waals surface area contributed by atoms with Gasteiger partial charge in [-0.2, -0.15) is 4.31 Å². The molecule has 1 unspecified atom stereocenters. The van der Waals surface area contributed by atoms with Gasteiger partial charge in [-0.1, -0.05) is 61.9 Å². The Morgan fingerprint density at radius 3 is 2.24 bits per heavy atom. The number of aryl methyl sites for hydroxylation is 2. The third-order valence-corrected chi connectivity index (χ3v) is 7.43. The van der Waals surface area contributed by atoms with Crippen molar-refractivity contribution in [2.24, 2.45) is 7.05 Å². The Bertz CT molecular complexity index is 1250. The molecule has 3 aromatic rings. The van der Waals surface area contributed by atoms with Crippen LogP contribution in [-0.4, -0.2) is 42.3 Å². The van der Waals surface area contributed by atoms with Crippen LogP contribution in [0.25, 0.3) is 0 Å². The molecular weight excluding hydrogens is 454 g/mol. The molecule has 0 radical (unpaired) electrons. The van der Waals surface area contributed by atoms with Crippen LogP contribution in [0, 0.1) is 6.92 Å². The van der Waals surface area contributed by atoms with E-state index in [2.05, 4.69) is 5.32 Å². The van der Waals surface area contributed by atoms with E-state index in [0.29, 0.717) is 24.3 Å². The summed E-state index contributed by atoms with van der Waals surface area (Å²) in [4.78, 5) is 26.1. The Morgan fingerprint density at radius 1 is 1.03 bits per heavy atom. The fourth-order valence-electron chi connectivity index (χ4n) is 3.50. The number of hydrogen-bond donors (Lipinski definition) is 1. The smallest absolute Gasteiger partial charge is 0.356 e. The van der Waals surface area contributed by atoms with Crippen molar-refractivity contribution in [3.05, 3.63) is 83.7 Å². The van der Waals surface area contributed by atoms with Crippen LogP contribution in [0.1, 0.15) is 41.6 Å². The summed E-state index contributed by atoms with van der Waals surface area (Å²) < 4.78 is 34.0. The second kappa shape index (κ2) is 10.7. The van der Waals surface area contributed by atoms with Gasteiger partial charge in [0.1, 0.15) is 10.6 Å². The molecule has 0 fully saturated rings. The molecule has 0 aliphatic carbocycles. The predicted molar refractivity (Wildman–Crippen MR) is 130 cm³/mol. The molecule has 1 N–H and O–H groups in total. The van der Waals surface area contributed by atoms with E-state index in [1.54, 1.807) is 63.4 Å². The van der Waals surface area contributed by atoms with Crippen LogP contribution < -0.4 is 5.32 Å². The average Bonchev–Trinajstić information content (AvgIpc) is 3.22. The molecule has 8 nitrogen and oxygen atoms in total. The molecule has 180 valence electrons. The fraction of sp³-hybridized carbons (Fsp3) is 0.280. The number of hydrogen-bond acceptors (Lipinski definition) is 5. The van der Waals surface area contributed by atoms with Crippen LogP contribution in [0.3, 0.4) is 0 Å². The minimum atomic E-state index is -3.75. The Hall–Kier alpha value is -3.43. The number of nitrogens with zero attached hydrogens (tertiary/aromatic N) is 2. The first-order chi connectivity index (χ1) is 16.2. The van der Waals surface area contributed by atoms with Crippen LogP contribution in [0.15, 0.2) is 71.8 Å². The first-order valence-electron chi connectivity index (χ1n) is 11.0. The molecule has 3 rings (SSSR count). The summed E-state index contributed by atoms with van der Waals surface area (Å²) in [6, 6.07) is 17.2. The van der Waals surface area contributed by atoms with Gasteiger partial charge in [0.25, 0.3) is 5.91 Å². The summed E-state index contributed by atoms with van der Waals surface area (Å²) in [5.74, 6) is -1.33. The third-order valence-electron chi connectivity index (χ3n) is 5.42. The van der Waals surface area contributed by atoms with Gasteiger partial charge in [-0.3, -0.25) is 4.79 Å². The number of amides is 1. The maximum absolute atomic E-state index is 13.1. The van der Waals surface area contributed by atoms with Crippen molar-refractivity contribution in [2.45, 2.75) is 31.8 Å². The molecule has 0 aliphatic rings. The third kappa shape index (κ3) is 5.55. The Labute approximate surface area is 200 Å². The Morgan fingerprint density at radius 2 is 1.65 bits per heavy atom. The zero-order chi connectivity index (χ0) is 24.9. The van der Waals surface area contributed by atoms with E-state index in [4.69, 9.17) is 4.74 Å². The molecule has 0 aliphatic heterocycles. The van der Waals surface area contributed by atoms with Crippen LogP contribution in [0.4, 0.5) is 5.69 Å². The summed E-state index contributed by atoms with van der Waals surface area (Å²) in [5.41, 5.74) is 2.13. The van der Waals surface area contributed by atoms with Gasteiger partial charge in [0.05, 0.1) is 0 Å². The maximum Gasteiger partial charge on any atom is 0.356 e. The van der Waals surface area contributed by atoms with Crippen molar-refractivity contribution in [3.63, 3.8) is 0 Å². The number of ether oxygens (including phenoxy) is 1. The number of nitrogens with one attached hydrogen (secondary N) is 1. The first kappa shape index (κ1) is 25.2.